The van der Waals surface area contributed by atoms with Crippen LogP contribution in [-0.4, -0.2) is 9.13 Å². The second-order valence-corrected chi connectivity index (χ2v) is 16.5. The minimum absolute atomic E-state index is 1.02. The first-order valence-corrected chi connectivity index (χ1v) is 22.2. The third-order valence-electron chi connectivity index (χ3n) is 12.7. The summed E-state index contributed by atoms with van der Waals surface area (Å²) < 4.78 is 4.75. The van der Waals surface area contributed by atoms with Gasteiger partial charge in [0.15, 0.2) is 0 Å². The average molecular weight is 821 g/mol. The summed E-state index contributed by atoms with van der Waals surface area (Å²) in [6.07, 6.45) is 9.00. The molecule has 0 spiro atoms. The van der Waals surface area contributed by atoms with E-state index in [9.17, 15) is 0 Å². The van der Waals surface area contributed by atoms with Gasteiger partial charge in [-0.2, -0.15) is 0 Å². The summed E-state index contributed by atoms with van der Waals surface area (Å²) in [5, 5.41) is 4.95. The molecule has 0 N–H and O–H groups in total. The molecule has 64 heavy (non-hydrogen) atoms. The number of fused-ring (bicyclic) bond motifs is 6. The van der Waals surface area contributed by atoms with Gasteiger partial charge in [0.2, 0.25) is 0 Å². The standard InChI is InChI=1S/C60H44N4/c1-5-17-45(18-6-1)61(51-37-39-59-55(41-51)53-25-13-15-27-57(53)63(59)47-21-9-3-10-22-47)49-33-29-43(30-34-49)44-31-35-50(36-32-44)62(46-19-7-2-8-20-46)52-38-40-60-56(42-52)54-26-14-16-28-58(54)64(60)48-23-11-4-12-24-48/h1,3-7,9-42H,2,8H2. The number of allylic oxidation sites excluding steroid dienone is 3. The summed E-state index contributed by atoms with van der Waals surface area (Å²) >= 11 is 0. The smallest absolute Gasteiger partial charge is 0.0542 e. The van der Waals surface area contributed by atoms with E-state index < -0.39 is 0 Å². The van der Waals surface area contributed by atoms with Crippen molar-refractivity contribution in [2.45, 2.75) is 12.8 Å². The number of nitrogens with zero attached hydrogens (tertiary/aromatic N) is 4. The molecule has 0 aliphatic heterocycles. The molecule has 4 nitrogen and oxygen atoms in total. The summed E-state index contributed by atoms with van der Waals surface area (Å²) in [4.78, 5) is 4.76. The zero-order valence-electron chi connectivity index (χ0n) is 35.3. The molecule has 2 heterocycles. The van der Waals surface area contributed by atoms with E-state index in [1.165, 1.54) is 60.4 Å². The van der Waals surface area contributed by atoms with Crippen LogP contribution in [-0.2, 0) is 0 Å². The maximum absolute atomic E-state index is 2.41. The van der Waals surface area contributed by atoms with E-state index >= 15 is 0 Å². The van der Waals surface area contributed by atoms with Crippen LogP contribution in [0.2, 0.25) is 0 Å². The molecule has 1 aliphatic rings. The highest BCUT2D eigenvalue weighted by molar-refractivity contribution is 6.12. The van der Waals surface area contributed by atoms with Gasteiger partial charge in [-0.25, -0.2) is 0 Å². The fraction of sp³-hybridized carbons (Fsp3) is 0.0333. The number of para-hydroxylation sites is 5. The third kappa shape index (κ3) is 6.47. The van der Waals surface area contributed by atoms with Crippen molar-refractivity contribution in [3.63, 3.8) is 0 Å². The summed E-state index contributed by atoms with van der Waals surface area (Å²) in [6, 6.07) is 81.3. The maximum atomic E-state index is 2.41. The van der Waals surface area contributed by atoms with E-state index in [1.54, 1.807) is 0 Å². The van der Waals surface area contributed by atoms with Crippen LogP contribution < -0.4 is 9.80 Å². The first-order chi connectivity index (χ1) is 31.8. The van der Waals surface area contributed by atoms with E-state index in [-0.39, 0.29) is 0 Å². The van der Waals surface area contributed by atoms with Crippen molar-refractivity contribution in [3.8, 4) is 22.5 Å². The highest BCUT2D eigenvalue weighted by atomic mass is 15.2. The van der Waals surface area contributed by atoms with Crippen LogP contribution in [0.5, 0.6) is 0 Å². The van der Waals surface area contributed by atoms with Crippen molar-refractivity contribution in [1.29, 1.82) is 0 Å². The van der Waals surface area contributed by atoms with Gasteiger partial charge in [0.05, 0.1) is 22.1 Å². The number of anilines is 5. The van der Waals surface area contributed by atoms with Gasteiger partial charge in [0.25, 0.3) is 0 Å². The van der Waals surface area contributed by atoms with E-state index in [2.05, 4.69) is 262 Å². The fourth-order valence-corrected chi connectivity index (χ4v) is 9.75. The SMILES string of the molecule is C1=CC(N(c2ccc(-c3ccc(N(c4ccccc4)c4ccc5c(c4)c4ccccc4n5-c4ccccc4)cc3)cc2)c2ccc3c(c2)c2ccccc2n3-c2ccccc2)=CCC1. The maximum Gasteiger partial charge on any atom is 0.0542 e. The Bertz CT molecular complexity index is 3520. The zero-order valence-corrected chi connectivity index (χ0v) is 35.3. The van der Waals surface area contributed by atoms with Gasteiger partial charge >= 0.3 is 0 Å². The van der Waals surface area contributed by atoms with Crippen molar-refractivity contribution in [2.24, 2.45) is 0 Å². The molecule has 0 saturated heterocycles. The third-order valence-corrected chi connectivity index (χ3v) is 12.7. The fourth-order valence-electron chi connectivity index (χ4n) is 9.75. The van der Waals surface area contributed by atoms with E-state index in [1.807, 2.05) is 0 Å². The van der Waals surface area contributed by atoms with Gasteiger partial charge in [-0.05, 0) is 139 Å². The Balaban J connectivity index is 0.899. The summed E-state index contributed by atoms with van der Waals surface area (Å²) in [5.41, 5.74) is 16.2. The van der Waals surface area contributed by atoms with Crippen LogP contribution in [0.4, 0.5) is 28.4 Å². The van der Waals surface area contributed by atoms with E-state index in [0.29, 0.717) is 0 Å². The molecule has 12 rings (SSSR count). The zero-order chi connectivity index (χ0) is 42.4. The van der Waals surface area contributed by atoms with Gasteiger partial charge in [0, 0.05) is 67.1 Å². The number of rotatable bonds is 9. The number of hydrogen-bond donors (Lipinski definition) is 0. The average Bonchev–Trinajstić information content (AvgIpc) is 3.88. The predicted octanol–water partition coefficient (Wildman–Crippen LogP) is 16.4. The molecule has 0 bridgehead atoms. The molecule has 0 atom stereocenters. The second kappa shape index (κ2) is 15.8. The van der Waals surface area contributed by atoms with Crippen LogP contribution in [0, 0.1) is 0 Å². The molecule has 11 aromatic rings. The van der Waals surface area contributed by atoms with Crippen LogP contribution in [0.3, 0.4) is 0 Å². The lowest BCUT2D eigenvalue weighted by Gasteiger charge is -2.28. The summed E-state index contributed by atoms with van der Waals surface area (Å²) in [5.74, 6) is 0. The van der Waals surface area contributed by atoms with Crippen LogP contribution in [0.15, 0.2) is 248 Å². The van der Waals surface area contributed by atoms with Gasteiger partial charge in [-0.3, -0.25) is 0 Å². The highest BCUT2D eigenvalue weighted by Crippen LogP contribution is 2.42. The number of aromatic nitrogens is 2. The minimum Gasteiger partial charge on any atom is -0.311 e. The monoisotopic (exact) mass is 820 g/mol. The van der Waals surface area contributed by atoms with Crippen LogP contribution in [0.1, 0.15) is 12.8 Å². The lowest BCUT2D eigenvalue weighted by Crippen LogP contribution is -2.16. The van der Waals surface area contributed by atoms with E-state index in [0.717, 1.165) is 52.7 Å². The largest absolute Gasteiger partial charge is 0.311 e. The Morgan fingerprint density at radius 3 is 1.22 bits per heavy atom. The molecule has 9 aromatic carbocycles. The molecule has 304 valence electrons. The van der Waals surface area contributed by atoms with Crippen molar-refractivity contribution in [3.05, 3.63) is 248 Å². The van der Waals surface area contributed by atoms with Gasteiger partial charge in [-0.15, -0.1) is 0 Å². The Hall–Kier alpha value is -8.34. The molecule has 0 unspecified atom stereocenters. The number of benzene rings is 9. The molecule has 0 fully saturated rings. The Morgan fingerprint density at radius 1 is 0.312 bits per heavy atom. The quantitative estimate of drug-likeness (QED) is 0.144. The Labute approximate surface area is 373 Å². The van der Waals surface area contributed by atoms with Gasteiger partial charge in [-0.1, -0.05) is 127 Å². The predicted molar refractivity (Wildman–Crippen MR) is 270 cm³/mol. The van der Waals surface area contributed by atoms with Crippen molar-refractivity contribution < 1.29 is 0 Å². The minimum atomic E-state index is 1.02. The van der Waals surface area contributed by atoms with Crippen LogP contribution >= 0.6 is 0 Å². The van der Waals surface area contributed by atoms with Crippen LogP contribution in [0.25, 0.3) is 66.1 Å². The number of hydrogen-bond acceptors (Lipinski definition) is 2. The normalized spacial score (nSPS) is 12.6. The van der Waals surface area contributed by atoms with Gasteiger partial charge < -0.3 is 18.9 Å². The molecule has 1 aliphatic carbocycles. The lowest BCUT2D eigenvalue weighted by atomic mass is 10.0. The van der Waals surface area contributed by atoms with Gasteiger partial charge in [0.1, 0.15) is 0 Å². The molecule has 0 radical (unpaired) electrons. The van der Waals surface area contributed by atoms with E-state index in [4.69, 9.17) is 0 Å². The second-order valence-electron chi connectivity index (χ2n) is 16.5. The summed E-state index contributed by atoms with van der Waals surface area (Å²) in [6.45, 7) is 0. The topological polar surface area (TPSA) is 16.3 Å². The molecule has 4 heteroatoms. The van der Waals surface area contributed by atoms with Crippen molar-refractivity contribution >= 4 is 72.0 Å². The first-order valence-electron chi connectivity index (χ1n) is 22.2. The first kappa shape index (κ1) is 37.4. The Kier molecular flexibility index (Phi) is 9.27. The highest BCUT2D eigenvalue weighted by Gasteiger charge is 2.20. The molecular weight excluding hydrogens is 777 g/mol. The summed E-state index contributed by atoms with van der Waals surface area (Å²) in [7, 11) is 0. The molecular formula is C60H44N4. The van der Waals surface area contributed by atoms with Crippen molar-refractivity contribution in [1.82, 2.24) is 9.13 Å². The lowest BCUT2D eigenvalue weighted by molar-refractivity contribution is 0.997. The molecule has 0 saturated carbocycles. The van der Waals surface area contributed by atoms with Crippen molar-refractivity contribution in [2.75, 3.05) is 9.80 Å². The molecule has 0 amide bonds. The Morgan fingerprint density at radius 2 is 0.719 bits per heavy atom. The molecule has 2 aromatic heterocycles.